The van der Waals surface area contributed by atoms with E-state index < -0.39 is 17.7 Å². The van der Waals surface area contributed by atoms with Crippen LogP contribution in [0.1, 0.15) is 17.5 Å². The molecule has 0 aromatic heterocycles. The van der Waals surface area contributed by atoms with Crippen LogP contribution in [0.25, 0.3) is 0 Å². The highest BCUT2D eigenvalue weighted by Crippen LogP contribution is 2.31. The number of anilines is 1. The Labute approximate surface area is 153 Å². The van der Waals surface area contributed by atoms with Crippen LogP contribution in [-0.2, 0) is 27.1 Å². The summed E-state index contributed by atoms with van der Waals surface area (Å²) in [5, 5.41) is 0. The molecule has 2 aromatic rings. The lowest BCUT2D eigenvalue weighted by molar-refractivity contribution is -0.145. The van der Waals surface area contributed by atoms with Crippen molar-refractivity contribution < 1.29 is 32.2 Å². The molecule has 0 bridgehead atoms. The molecule has 0 N–H and O–H groups in total. The number of alkyl halides is 3. The fourth-order valence-corrected chi connectivity index (χ4v) is 2.63. The number of ether oxygens (including phenoxy) is 2. The maximum Gasteiger partial charge on any atom is 0.416 e. The van der Waals surface area contributed by atoms with Gasteiger partial charge in [-0.3, -0.25) is 9.59 Å². The van der Waals surface area contributed by atoms with Gasteiger partial charge < -0.3 is 14.4 Å². The Morgan fingerprint density at radius 3 is 2.52 bits per heavy atom. The number of hydrogen-bond acceptors (Lipinski definition) is 4. The molecule has 1 amide bonds. The Balaban J connectivity index is 1.52. The molecular formula is C19H16F3NO4. The molecule has 2 aromatic carbocycles. The van der Waals surface area contributed by atoms with Crippen molar-refractivity contribution in [1.82, 2.24) is 0 Å². The fourth-order valence-electron chi connectivity index (χ4n) is 2.63. The molecule has 142 valence electrons. The Hall–Kier alpha value is -3.03. The van der Waals surface area contributed by atoms with Crippen LogP contribution < -0.4 is 9.64 Å². The number of para-hydroxylation sites is 2. The zero-order chi connectivity index (χ0) is 19.4. The summed E-state index contributed by atoms with van der Waals surface area (Å²) in [6.07, 6.45) is -4.45. The van der Waals surface area contributed by atoms with E-state index in [0.717, 1.165) is 12.1 Å². The molecule has 1 heterocycles. The largest absolute Gasteiger partial charge is 0.482 e. The minimum absolute atomic E-state index is 0.0410. The van der Waals surface area contributed by atoms with Gasteiger partial charge in [-0.25, -0.2) is 0 Å². The minimum atomic E-state index is -4.41. The lowest BCUT2D eigenvalue weighted by Gasteiger charge is -2.28. The van der Waals surface area contributed by atoms with Gasteiger partial charge >= 0.3 is 12.1 Å². The van der Waals surface area contributed by atoms with Crippen molar-refractivity contribution in [2.24, 2.45) is 0 Å². The van der Waals surface area contributed by atoms with Crippen molar-refractivity contribution >= 4 is 17.6 Å². The van der Waals surface area contributed by atoms with E-state index in [1.165, 1.54) is 17.0 Å². The standard InChI is InChI=1S/C19H16F3NO4/c20-19(21,22)14-7-5-13(6-8-14)11-27-18(25)9-10-23-15-3-1-2-4-16(15)26-12-17(23)24/h1-8H,9-12H2. The van der Waals surface area contributed by atoms with Crippen molar-refractivity contribution in [3.8, 4) is 5.75 Å². The van der Waals surface area contributed by atoms with Crippen LogP contribution in [0.2, 0.25) is 0 Å². The zero-order valence-electron chi connectivity index (χ0n) is 14.2. The van der Waals surface area contributed by atoms with Crippen LogP contribution in [0.3, 0.4) is 0 Å². The van der Waals surface area contributed by atoms with E-state index in [1.807, 2.05) is 0 Å². The number of halogens is 3. The lowest BCUT2D eigenvalue weighted by Crippen LogP contribution is -2.40. The van der Waals surface area contributed by atoms with E-state index in [9.17, 15) is 22.8 Å². The van der Waals surface area contributed by atoms with Crippen LogP contribution in [-0.4, -0.2) is 25.0 Å². The predicted octanol–water partition coefficient (Wildman–Crippen LogP) is 3.56. The van der Waals surface area contributed by atoms with E-state index in [1.54, 1.807) is 24.3 Å². The summed E-state index contributed by atoms with van der Waals surface area (Å²) in [6, 6.07) is 11.4. The van der Waals surface area contributed by atoms with Gasteiger partial charge in [-0.2, -0.15) is 13.2 Å². The second-order valence-electron chi connectivity index (χ2n) is 5.91. The molecule has 0 saturated heterocycles. The number of carbonyl (C=O) groups is 2. The number of carbonyl (C=O) groups excluding carboxylic acids is 2. The van der Waals surface area contributed by atoms with E-state index in [-0.39, 0.29) is 32.1 Å². The van der Waals surface area contributed by atoms with E-state index in [2.05, 4.69) is 0 Å². The number of nitrogens with zero attached hydrogens (tertiary/aromatic N) is 1. The lowest BCUT2D eigenvalue weighted by atomic mass is 10.1. The normalized spacial score (nSPS) is 13.7. The number of amides is 1. The monoisotopic (exact) mass is 379 g/mol. The first-order chi connectivity index (χ1) is 12.8. The SMILES string of the molecule is O=C(CCN1C(=O)COc2ccccc21)OCc1ccc(C(F)(F)F)cc1. The molecule has 8 heteroatoms. The molecule has 1 aliphatic heterocycles. The molecule has 0 unspecified atom stereocenters. The minimum Gasteiger partial charge on any atom is -0.482 e. The van der Waals surface area contributed by atoms with Gasteiger partial charge in [-0.15, -0.1) is 0 Å². The molecule has 27 heavy (non-hydrogen) atoms. The first kappa shape index (κ1) is 18.8. The number of benzene rings is 2. The third-order valence-electron chi connectivity index (χ3n) is 4.03. The molecule has 3 rings (SSSR count). The van der Waals surface area contributed by atoms with Crippen LogP contribution in [0.4, 0.5) is 18.9 Å². The highest BCUT2D eigenvalue weighted by Gasteiger charge is 2.30. The van der Waals surface area contributed by atoms with Crippen molar-refractivity contribution in [2.45, 2.75) is 19.2 Å². The summed E-state index contributed by atoms with van der Waals surface area (Å²) in [7, 11) is 0. The Morgan fingerprint density at radius 1 is 1.11 bits per heavy atom. The number of rotatable bonds is 5. The average Bonchev–Trinajstić information content (AvgIpc) is 2.65. The molecule has 0 saturated carbocycles. The summed E-state index contributed by atoms with van der Waals surface area (Å²) in [6.45, 7) is -0.104. The fraction of sp³-hybridized carbons (Fsp3) is 0.263. The Morgan fingerprint density at radius 2 is 1.81 bits per heavy atom. The second-order valence-corrected chi connectivity index (χ2v) is 5.91. The number of esters is 1. The van der Waals surface area contributed by atoms with Crippen molar-refractivity contribution in [3.05, 3.63) is 59.7 Å². The molecule has 5 nitrogen and oxygen atoms in total. The average molecular weight is 379 g/mol. The molecule has 1 aliphatic rings. The number of fused-ring (bicyclic) bond motifs is 1. The van der Waals surface area contributed by atoms with Gasteiger partial charge in [-0.05, 0) is 29.8 Å². The Kier molecular flexibility index (Phi) is 5.34. The Bertz CT molecular complexity index is 834. The van der Waals surface area contributed by atoms with Crippen molar-refractivity contribution in [1.29, 1.82) is 0 Å². The van der Waals surface area contributed by atoms with Gasteiger partial charge in [0.25, 0.3) is 5.91 Å². The van der Waals surface area contributed by atoms with E-state index in [4.69, 9.17) is 9.47 Å². The quantitative estimate of drug-likeness (QED) is 0.746. The summed E-state index contributed by atoms with van der Waals surface area (Å²) < 4.78 is 48.0. The highest BCUT2D eigenvalue weighted by atomic mass is 19.4. The van der Waals surface area contributed by atoms with Crippen LogP contribution in [0, 0.1) is 0 Å². The third kappa shape index (κ3) is 4.58. The smallest absolute Gasteiger partial charge is 0.416 e. The molecular weight excluding hydrogens is 363 g/mol. The number of hydrogen-bond donors (Lipinski definition) is 0. The van der Waals surface area contributed by atoms with Gasteiger partial charge in [0.05, 0.1) is 17.7 Å². The topological polar surface area (TPSA) is 55.8 Å². The van der Waals surface area contributed by atoms with Gasteiger partial charge in [0.15, 0.2) is 6.61 Å². The first-order valence-corrected chi connectivity index (χ1v) is 8.18. The van der Waals surface area contributed by atoms with Crippen molar-refractivity contribution in [3.63, 3.8) is 0 Å². The van der Waals surface area contributed by atoms with Crippen LogP contribution in [0.5, 0.6) is 5.75 Å². The van der Waals surface area contributed by atoms with Gasteiger partial charge in [-0.1, -0.05) is 24.3 Å². The predicted molar refractivity (Wildman–Crippen MR) is 90.1 cm³/mol. The van der Waals surface area contributed by atoms with Crippen LogP contribution in [0.15, 0.2) is 48.5 Å². The molecule has 0 spiro atoms. The molecule has 0 radical (unpaired) electrons. The first-order valence-electron chi connectivity index (χ1n) is 8.18. The van der Waals surface area contributed by atoms with Gasteiger partial charge in [0.1, 0.15) is 12.4 Å². The summed E-state index contributed by atoms with van der Waals surface area (Å²) in [4.78, 5) is 25.4. The van der Waals surface area contributed by atoms with Gasteiger partial charge in [0, 0.05) is 6.54 Å². The molecule has 0 aliphatic carbocycles. The third-order valence-corrected chi connectivity index (χ3v) is 4.03. The van der Waals surface area contributed by atoms with Crippen molar-refractivity contribution in [2.75, 3.05) is 18.1 Å². The summed E-state index contributed by atoms with van der Waals surface area (Å²) >= 11 is 0. The van der Waals surface area contributed by atoms with Gasteiger partial charge in [0.2, 0.25) is 0 Å². The summed E-state index contributed by atoms with van der Waals surface area (Å²) in [5.74, 6) is -0.244. The van der Waals surface area contributed by atoms with Crippen LogP contribution >= 0.6 is 0 Å². The summed E-state index contributed by atoms with van der Waals surface area (Å²) in [5.41, 5.74) is 0.274. The maximum absolute atomic E-state index is 12.5. The second kappa shape index (κ2) is 7.69. The molecule has 0 atom stereocenters. The van der Waals surface area contributed by atoms with E-state index >= 15 is 0 Å². The zero-order valence-corrected chi connectivity index (χ0v) is 14.2. The van der Waals surface area contributed by atoms with E-state index in [0.29, 0.717) is 17.0 Å². The highest BCUT2D eigenvalue weighted by molar-refractivity contribution is 5.98. The maximum atomic E-state index is 12.5. The molecule has 0 fully saturated rings.